The van der Waals surface area contributed by atoms with Gasteiger partial charge in [0.2, 0.25) is 5.91 Å². The summed E-state index contributed by atoms with van der Waals surface area (Å²) >= 11 is 0. The van der Waals surface area contributed by atoms with Crippen molar-refractivity contribution >= 4 is 11.7 Å². The Bertz CT molecular complexity index is 841. The number of carbonyl (C=O) groups excluding carboxylic acids is 1. The van der Waals surface area contributed by atoms with Crippen LogP contribution in [0.25, 0.3) is 0 Å². The van der Waals surface area contributed by atoms with E-state index >= 15 is 0 Å². The Balaban J connectivity index is 1.66. The van der Waals surface area contributed by atoms with E-state index in [0.29, 0.717) is 35.6 Å². The Labute approximate surface area is 145 Å². The first-order chi connectivity index (χ1) is 11.9. The predicted octanol–water partition coefficient (Wildman–Crippen LogP) is 1.17. The summed E-state index contributed by atoms with van der Waals surface area (Å²) in [6, 6.07) is 3.62. The van der Waals surface area contributed by atoms with E-state index < -0.39 is 0 Å². The summed E-state index contributed by atoms with van der Waals surface area (Å²) in [4.78, 5) is 38.5. The van der Waals surface area contributed by atoms with Crippen molar-refractivity contribution in [3.05, 3.63) is 45.5 Å². The number of carbonyl (C=O) groups is 1. The molecule has 132 valence electrons. The van der Waals surface area contributed by atoms with Gasteiger partial charge in [0, 0.05) is 42.4 Å². The van der Waals surface area contributed by atoms with Crippen molar-refractivity contribution in [2.24, 2.45) is 0 Å². The number of anilines is 1. The van der Waals surface area contributed by atoms with Crippen LogP contribution in [0, 0.1) is 13.8 Å². The number of rotatable bonds is 5. The Kier molecular flexibility index (Phi) is 4.78. The summed E-state index contributed by atoms with van der Waals surface area (Å²) in [6.45, 7) is 5.55. The number of aryl methyl sites for hydroxylation is 2. The minimum absolute atomic E-state index is 0.00400. The Morgan fingerprint density at radius 3 is 2.68 bits per heavy atom. The number of nitrogens with zero attached hydrogens (tertiary/aromatic N) is 3. The smallest absolute Gasteiger partial charge is 0.251 e. The van der Waals surface area contributed by atoms with Crippen LogP contribution in [0.5, 0.6) is 0 Å². The lowest BCUT2D eigenvalue weighted by Gasteiger charge is -2.35. The molecule has 2 heterocycles. The second kappa shape index (κ2) is 7.00. The van der Waals surface area contributed by atoms with E-state index in [2.05, 4.69) is 30.6 Å². The molecular formula is C17H22N6O2. The molecule has 0 bridgehead atoms. The molecule has 2 aromatic rings. The highest BCUT2D eigenvalue weighted by molar-refractivity contribution is 5.73. The molecule has 25 heavy (non-hydrogen) atoms. The summed E-state index contributed by atoms with van der Waals surface area (Å²) in [5.74, 6) is 2.29. The third-order valence-electron chi connectivity index (χ3n) is 4.18. The van der Waals surface area contributed by atoms with Crippen LogP contribution in [0.3, 0.4) is 0 Å². The van der Waals surface area contributed by atoms with Gasteiger partial charge in [-0.2, -0.15) is 0 Å². The van der Waals surface area contributed by atoms with Gasteiger partial charge in [-0.1, -0.05) is 0 Å². The maximum absolute atomic E-state index is 11.5. The van der Waals surface area contributed by atoms with Gasteiger partial charge in [0.25, 0.3) is 5.56 Å². The molecule has 8 heteroatoms. The first kappa shape index (κ1) is 17.1. The second-order valence-corrected chi connectivity index (χ2v) is 6.48. The summed E-state index contributed by atoms with van der Waals surface area (Å²) < 4.78 is 0. The summed E-state index contributed by atoms with van der Waals surface area (Å²) in [5, 5.41) is 6.12. The van der Waals surface area contributed by atoms with Crippen LogP contribution in [-0.4, -0.2) is 31.9 Å². The van der Waals surface area contributed by atoms with Gasteiger partial charge in [0.05, 0.1) is 6.54 Å². The van der Waals surface area contributed by atoms with E-state index in [1.165, 1.54) is 13.0 Å². The van der Waals surface area contributed by atoms with Crippen LogP contribution >= 0.6 is 0 Å². The largest absolute Gasteiger partial charge is 0.363 e. The first-order valence-electron chi connectivity index (χ1n) is 8.32. The van der Waals surface area contributed by atoms with Gasteiger partial charge < -0.3 is 15.6 Å². The predicted molar refractivity (Wildman–Crippen MR) is 93.3 cm³/mol. The molecule has 0 aliphatic heterocycles. The quantitative estimate of drug-likeness (QED) is 0.752. The minimum Gasteiger partial charge on any atom is -0.363 e. The van der Waals surface area contributed by atoms with E-state index in [1.54, 1.807) is 6.92 Å². The van der Waals surface area contributed by atoms with Crippen LogP contribution in [-0.2, 0) is 11.3 Å². The Morgan fingerprint density at radius 1 is 1.24 bits per heavy atom. The van der Waals surface area contributed by atoms with Crippen molar-refractivity contribution in [3.63, 3.8) is 0 Å². The highest BCUT2D eigenvalue weighted by Gasteiger charge is 2.32. The van der Waals surface area contributed by atoms with E-state index in [-0.39, 0.29) is 17.5 Å². The molecule has 0 aromatic carbocycles. The fourth-order valence-electron chi connectivity index (χ4n) is 3.05. The fraction of sp³-hybridized carbons (Fsp3) is 0.471. The zero-order valence-electron chi connectivity index (χ0n) is 14.6. The number of aromatic nitrogens is 4. The minimum atomic E-state index is -0.165. The molecule has 0 atom stereocenters. The number of hydrogen-bond acceptors (Lipinski definition) is 6. The van der Waals surface area contributed by atoms with Gasteiger partial charge >= 0.3 is 0 Å². The zero-order chi connectivity index (χ0) is 18.0. The van der Waals surface area contributed by atoms with Crippen LogP contribution in [0.4, 0.5) is 5.82 Å². The fourth-order valence-corrected chi connectivity index (χ4v) is 3.05. The zero-order valence-corrected chi connectivity index (χ0v) is 14.6. The van der Waals surface area contributed by atoms with Gasteiger partial charge in [-0.15, -0.1) is 0 Å². The molecule has 3 rings (SSSR count). The summed E-state index contributed by atoms with van der Waals surface area (Å²) in [5.41, 5.74) is 1.49. The lowest BCUT2D eigenvalue weighted by atomic mass is 9.78. The monoisotopic (exact) mass is 342 g/mol. The van der Waals surface area contributed by atoms with E-state index in [9.17, 15) is 9.59 Å². The number of nitrogens with one attached hydrogen (secondary N) is 3. The molecule has 8 nitrogen and oxygen atoms in total. The average Bonchev–Trinajstić information content (AvgIpc) is 2.46. The van der Waals surface area contributed by atoms with Crippen LogP contribution in [0.2, 0.25) is 0 Å². The molecule has 0 unspecified atom stereocenters. The molecule has 0 spiro atoms. The van der Waals surface area contributed by atoms with Gasteiger partial charge in [0.1, 0.15) is 17.5 Å². The van der Waals surface area contributed by atoms with Crippen LogP contribution in [0.15, 0.2) is 16.9 Å². The van der Waals surface area contributed by atoms with Crippen LogP contribution in [0.1, 0.15) is 48.7 Å². The maximum Gasteiger partial charge on any atom is 0.251 e. The van der Waals surface area contributed by atoms with Gasteiger partial charge in [-0.05, 0) is 26.7 Å². The SMILES string of the molecule is CC(=O)NC1CC(c2cc(NCc3nc(C)cc(=O)[nH]3)nc(C)n2)C1. The van der Waals surface area contributed by atoms with Gasteiger partial charge in [0.15, 0.2) is 0 Å². The highest BCUT2D eigenvalue weighted by Crippen LogP contribution is 2.36. The second-order valence-electron chi connectivity index (χ2n) is 6.48. The molecule has 3 N–H and O–H groups in total. The Morgan fingerprint density at radius 2 is 2.00 bits per heavy atom. The molecule has 1 saturated carbocycles. The number of amides is 1. The van der Waals surface area contributed by atoms with Crippen molar-refractivity contribution in [2.75, 3.05) is 5.32 Å². The van der Waals surface area contributed by atoms with Crippen molar-refractivity contribution in [2.45, 2.75) is 52.1 Å². The van der Waals surface area contributed by atoms with Crippen molar-refractivity contribution in [3.8, 4) is 0 Å². The molecular weight excluding hydrogens is 320 g/mol. The molecule has 1 amide bonds. The number of hydrogen-bond donors (Lipinski definition) is 3. The molecule has 1 aliphatic rings. The maximum atomic E-state index is 11.5. The van der Waals surface area contributed by atoms with Gasteiger partial charge in [-0.25, -0.2) is 15.0 Å². The molecule has 1 aliphatic carbocycles. The van der Waals surface area contributed by atoms with E-state index in [1.807, 2.05) is 13.0 Å². The molecule has 0 radical (unpaired) electrons. The van der Waals surface area contributed by atoms with E-state index in [4.69, 9.17) is 0 Å². The average molecular weight is 342 g/mol. The molecule has 1 fully saturated rings. The highest BCUT2D eigenvalue weighted by atomic mass is 16.1. The first-order valence-corrected chi connectivity index (χ1v) is 8.32. The number of aromatic amines is 1. The lowest BCUT2D eigenvalue weighted by molar-refractivity contribution is -0.120. The number of H-pyrrole nitrogens is 1. The standard InChI is InChI=1S/C17H22N6O2/c1-9-4-17(25)23-16(19-9)8-18-15-7-14(20-10(2)21-15)12-5-13(6-12)22-11(3)24/h4,7,12-13H,5-6,8H2,1-3H3,(H,22,24)(H,18,20,21)(H,19,23,25). The van der Waals surface area contributed by atoms with Crippen LogP contribution < -0.4 is 16.2 Å². The normalized spacial score (nSPS) is 19.2. The van der Waals surface area contributed by atoms with E-state index in [0.717, 1.165) is 18.5 Å². The topological polar surface area (TPSA) is 113 Å². The van der Waals surface area contributed by atoms with Crippen molar-refractivity contribution < 1.29 is 4.79 Å². The van der Waals surface area contributed by atoms with Crippen molar-refractivity contribution in [1.29, 1.82) is 0 Å². The lowest BCUT2D eigenvalue weighted by Crippen LogP contribution is -2.42. The van der Waals surface area contributed by atoms with Crippen molar-refractivity contribution in [1.82, 2.24) is 25.3 Å². The van der Waals surface area contributed by atoms with Gasteiger partial charge in [-0.3, -0.25) is 9.59 Å². The summed E-state index contributed by atoms with van der Waals surface area (Å²) in [7, 11) is 0. The molecule has 2 aromatic heterocycles. The Hall–Kier alpha value is -2.77. The summed E-state index contributed by atoms with van der Waals surface area (Å²) in [6.07, 6.45) is 1.78. The third kappa shape index (κ3) is 4.40. The molecule has 0 saturated heterocycles. The third-order valence-corrected chi connectivity index (χ3v) is 4.18.